The van der Waals surface area contributed by atoms with Crippen LogP contribution in [0.25, 0.3) is 0 Å². The lowest BCUT2D eigenvalue weighted by molar-refractivity contribution is -0.292. The van der Waals surface area contributed by atoms with Crippen molar-refractivity contribution in [1.29, 1.82) is 0 Å². The average molecular weight is 250 g/mol. The number of hydrogen-bond donors (Lipinski definition) is 4. The third kappa shape index (κ3) is 3.36. The van der Waals surface area contributed by atoms with Crippen molar-refractivity contribution < 1.29 is 34.7 Å². The summed E-state index contributed by atoms with van der Waals surface area (Å²) in [7, 11) is 0. The summed E-state index contributed by atoms with van der Waals surface area (Å²) in [5.41, 5.74) is 0. The zero-order valence-corrected chi connectivity index (χ0v) is 9.52. The van der Waals surface area contributed by atoms with Crippen LogP contribution >= 0.6 is 0 Å². The van der Waals surface area contributed by atoms with Crippen LogP contribution in [0, 0.1) is 0 Å². The van der Waals surface area contributed by atoms with Crippen LogP contribution in [0.5, 0.6) is 0 Å². The van der Waals surface area contributed by atoms with Crippen molar-refractivity contribution >= 4 is 5.97 Å². The van der Waals surface area contributed by atoms with Crippen LogP contribution in [-0.2, 0) is 14.3 Å². The van der Waals surface area contributed by atoms with Gasteiger partial charge in [-0.1, -0.05) is 6.92 Å². The molecule has 0 amide bonds. The van der Waals surface area contributed by atoms with Crippen LogP contribution in [0.2, 0.25) is 0 Å². The van der Waals surface area contributed by atoms with E-state index in [4.69, 9.17) is 14.6 Å². The van der Waals surface area contributed by atoms with Crippen LogP contribution in [0.4, 0.5) is 0 Å². The molecular weight excluding hydrogens is 232 g/mol. The number of hydrogen-bond acceptors (Lipinski definition) is 7. The van der Waals surface area contributed by atoms with E-state index in [-0.39, 0.29) is 6.42 Å². The summed E-state index contributed by atoms with van der Waals surface area (Å²) in [6.07, 6.45) is -6.20. The van der Waals surface area contributed by atoms with Gasteiger partial charge in [-0.05, 0) is 6.42 Å². The van der Waals surface area contributed by atoms with Crippen molar-refractivity contribution in [3.05, 3.63) is 0 Å². The second-order valence-electron chi connectivity index (χ2n) is 3.94. The maximum absolute atomic E-state index is 11.2. The minimum atomic E-state index is -1.53. The molecule has 0 unspecified atom stereocenters. The van der Waals surface area contributed by atoms with E-state index >= 15 is 0 Å². The normalized spacial score (nSPS) is 37.8. The molecule has 5 atom stereocenters. The molecule has 1 saturated heterocycles. The van der Waals surface area contributed by atoms with Gasteiger partial charge < -0.3 is 29.9 Å². The van der Waals surface area contributed by atoms with Gasteiger partial charge >= 0.3 is 5.97 Å². The largest absolute Gasteiger partial charge is 0.433 e. The standard InChI is InChI=1S/C10H18O7/c1-2-3-6(12)17-10-9(15)8(14)7(13)5(4-11)16-10/h5,7-11,13-15H,2-4H2,1H3/t5-,7-,8+,9-,10-/m1/s1. The van der Waals surface area contributed by atoms with E-state index in [0.717, 1.165) is 0 Å². The molecule has 1 rings (SSSR count). The van der Waals surface area contributed by atoms with Gasteiger partial charge in [0.2, 0.25) is 6.29 Å². The predicted molar refractivity (Wildman–Crippen MR) is 54.8 cm³/mol. The van der Waals surface area contributed by atoms with Crippen LogP contribution in [-0.4, -0.2) is 63.7 Å². The molecule has 17 heavy (non-hydrogen) atoms. The average Bonchev–Trinajstić information content (AvgIpc) is 2.30. The Labute approximate surface area is 98.6 Å². The molecule has 0 aromatic carbocycles. The number of esters is 1. The molecule has 0 radical (unpaired) electrons. The molecule has 1 aliphatic rings. The first-order valence-corrected chi connectivity index (χ1v) is 5.51. The Bertz CT molecular complexity index is 255. The highest BCUT2D eigenvalue weighted by Crippen LogP contribution is 2.22. The molecule has 0 aromatic rings. The molecule has 0 aliphatic carbocycles. The summed E-state index contributed by atoms with van der Waals surface area (Å²) in [5.74, 6) is -0.572. The van der Waals surface area contributed by atoms with Gasteiger partial charge in [0.15, 0.2) is 0 Å². The van der Waals surface area contributed by atoms with Crippen molar-refractivity contribution in [2.24, 2.45) is 0 Å². The smallest absolute Gasteiger partial charge is 0.308 e. The van der Waals surface area contributed by atoms with Gasteiger partial charge in [-0.25, -0.2) is 0 Å². The zero-order valence-electron chi connectivity index (χ0n) is 9.52. The molecule has 0 saturated carbocycles. The Morgan fingerprint density at radius 2 is 1.88 bits per heavy atom. The summed E-state index contributed by atoms with van der Waals surface area (Å²) in [6.45, 7) is 1.24. The Hall–Kier alpha value is -0.730. The van der Waals surface area contributed by atoms with Crippen LogP contribution in [0.15, 0.2) is 0 Å². The molecule has 0 bridgehead atoms. The van der Waals surface area contributed by atoms with Crippen molar-refractivity contribution in [3.8, 4) is 0 Å². The van der Waals surface area contributed by atoms with Gasteiger partial charge in [0.05, 0.1) is 6.61 Å². The maximum atomic E-state index is 11.2. The van der Waals surface area contributed by atoms with E-state index in [0.29, 0.717) is 6.42 Å². The number of carbonyl (C=O) groups is 1. The lowest BCUT2D eigenvalue weighted by Gasteiger charge is -2.39. The van der Waals surface area contributed by atoms with Gasteiger partial charge in [0.25, 0.3) is 0 Å². The monoisotopic (exact) mass is 250 g/mol. The fourth-order valence-electron chi connectivity index (χ4n) is 1.56. The van der Waals surface area contributed by atoms with Gasteiger partial charge in [-0.3, -0.25) is 4.79 Å². The summed E-state index contributed by atoms with van der Waals surface area (Å²) in [6, 6.07) is 0. The van der Waals surface area contributed by atoms with Crippen LogP contribution < -0.4 is 0 Å². The first-order chi connectivity index (χ1) is 8.01. The van der Waals surface area contributed by atoms with E-state index in [2.05, 4.69) is 0 Å². The Kier molecular flexibility index (Phi) is 5.29. The molecule has 100 valence electrons. The van der Waals surface area contributed by atoms with Crippen molar-refractivity contribution in [3.63, 3.8) is 0 Å². The van der Waals surface area contributed by atoms with Gasteiger partial charge in [0.1, 0.15) is 24.4 Å². The number of ether oxygens (including phenoxy) is 2. The highest BCUT2D eigenvalue weighted by molar-refractivity contribution is 5.69. The summed E-state index contributed by atoms with van der Waals surface area (Å²) < 4.78 is 9.80. The third-order valence-electron chi connectivity index (χ3n) is 2.55. The molecule has 7 heteroatoms. The Morgan fingerprint density at radius 1 is 1.24 bits per heavy atom. The van der Waals surface area contributed by atoms with E-state index < -0.39 is 43.3 Å². The van der Waals surface area contributed by atoms with E-state index in [1.165, 1.54) is 0 Å². The van der Waals surface area contributed by atoms with Crippen LogP contribution in [0.3, 0.4) is 0 Å². The van der Waals surface area contributed by atoms with E-state index in [1.807, 2.05) is 0 Å². The number of rotatable bonds is 4. The van der Waals surface area contributed by atoms with Gasteiger partial charge in [-0.15, -0.1) is 0 Å². The van der Waals surface area contributed by atoms with E-state index in [1.54, 1.807) is 6.92 Å². The fraction of sp³-hybridized carbons (Fsp3) is 0.900. The summed E-state index contributed by atoms with van der Waals surface area (Å²) >= 11 is 0. The number of carbonyl (C=O) groups excluding carboxylic acids is 1. The Morgan fingerprint density at radius 3 is 2.41 bits per heavy atom. The lowest BCUT2D eigenvalue weighted by Crippen LogP contribution is -2.59. The molecule has 7 nitrogen and oxygen atoms in total. The molecule has 0 spiro atoms. The second-order valence-corrected chi connectivity index (χ2v) is 3.94. The highest BCUT2D eigenvalue weighted by Gasteiger charge is 2.45. The molecule has 1 heterocycles. The first kappa shape index (κ1) is 14.3. The minimum absolute atomic E-state index is 0.162. The van der Waals surface area contributed by atoms with Crippen molar-refractivity contribution in [2.75, 3.05) is 6.61 Å². The number of aliphatic hydroxyl groups is 4. The maximum Gasteiger partial charge on any atom is 0.308 e. The van der Waals surface area contributed by atoms with Crippen molar-refractivity contribution in [2.45, 2.75) is 50.5 Å². The number of aliphatic hydroxyl groups excluding tert-OH is 4. The second kappa shape index (κ2) is 6.27. The van der Waals surface area contributed by atoms with Gasteiger partial charge in [-0.2, -0.15) is 0 Å². The SMILES string of the molecule is CCCC(=O)O[C@H]1O[C@H](CO)[C@@H](O)[C@H](O)[C@H]1O. The summed E-state index contributed by atoms with van der Waals surface area (Å²) in [5, 5.41) is 37.4. The molecular formula is C10H18O7. The molecule has 1 aliphatic heterocycles. The first-order valence-electron chi connectivity index (χ1n) is 5.51. The third-order valence-corrected chi connectivity index (χ3v) is 2.55. The topological polar surface area (TPSA) is 116 Å². The van der Waals surface area contributed by atoms with Gasteiger partial charge in [0, 0.05) is 6.42 Å². The Balaban J connectivity index is 2.62. The predicted octanol–water partition coefficient (Wildman–Crippen LogP) is -1.87. The molecule has 0 aromatic heterocycles. The molecule has 1 fully saturated rings. The fourth-order valence-corrected chi connectivity index (χ4v) is 1.56. The quantitative estimate of drug-likeness (QED) is 0.432. The highest BCUT2D eigenvalue weighted by atomic mass is 16.7. The summed E-state index contributed by atoms with van der Waals surface area (Å²) in [4.78, 5) is 11.2. The minimum Gasteiger partial charge on any atom is -0.433 e. The van der Waals surface area contributed by atoms with Crippen LogP contribution in [0.1, 0.15) is 19.8 Å². The lowest BCUT2D eigenvalue weighted by atomic mass is 9.99. The zero-order chi connectivity index (χ0) is 13.0. The molecule has 4 N–H and O–H groups in total. The van der Waals surface area contributed by atoms with Crippen molar-refractivity contribution in [1.82, 2.24) is 0 Å². The van der Waals surface area contributed by atoms with E-state index in [9.17, 15) is 20.1 Å².